The van der Waals surface area contributed by atoms with Crippen LogP contribution in [0.3, 0.4) is 0 Å². The smallest absolute Gasteiger partial charge is 0.155 e. The Hall–Kier alpha value is -0.390. The van der Waals surface area contributed by atoms with E-state index in [1.165, 1.54) is 0 Å². The second kappa shape index (κ2) is 6.37. The summed E-state index contributed by atoms with van der Waals surface area (Å²) in [5.41, 5.74) is 1.16. The Morgan fingerprint density at radius 3 is 2.74 bits per heavy atom. The Morgan fingerprint density at radius 1 is 1.37 bits per heavy atom. The van der Waals surface area contributed by atoms with Crippen LogP contribution < -0.4 is 0 Å². The fourth-order valence-electron chi connectivity index (χ4n) is 2.50. The van der Waals surface area contributed by atoms with Gasteiger partial charge in [-0.05, 0) is 37.8 Å². The van der Waals surface area contributed by atoms with E-state index in [-0.39, 0.29) is 17.1 Å². The molecule has 0 radical (unpaired) electrons. The van der Waals surface area contributed by atoms with Crippen molar-refractivity contribution in [1.29, 1.82) is 0 Å². The van der Waals surface area contributed by atoms with Gasteiger partial charge in [0.25, 0.3) is 0 Å². The summed E-state index contributed by atoms with van der Waals surface area (Å²) in [6.45, 7) is 2.41. The topological polar surface area (TPSA) is 43.4 Å². The van der Waals surface area contributed by atoms with Crippen molar-refractivity contribution in [2.75, 3.05) is 12.4 Å². The molecule has 2 rings (SSSR count). The van der Waals surface area contributed by atoms with Crippen LogP contribution in [0.25, 0.3) is 0 Å². The summed E-state index contributed by atoms with van der Waals surface area (Å²) in [6, 6.07) is 7.94. The van der Waals surface area contributed by atoms with Gasteiger partial charge in [0, 0.05) is 11.1 Å². The molecule has 0 amide bonds. The molecule has 2 atom stereocenters. The van der Waals surface area contributed by atoms with Gasteiger partial charge in [0.15, 0.2) is 9.84 Å². The highest BCUT2D eigenvalue weighted by Gasteiger charge is 2.35. The van der Waals surface area contributed by atoms with E-state index in [2.05, 4.69) is 15.9 Å². The van der Waals surface area contributed by atoms with Crippen LogP contribution in [0.5, 0.6) is 0 Å². The lowest BCUT2D eigenvalue weighted by molar-refractivity contribution is 0.126. The van der Waals surface area contributed by atoms with Crippen molar-refractivity contribution in [2.45, 2.75) is 37.5 Å². The lowest BCUT2D eigenvalue weighted by Crippen LogP contribution is -2.30. The second-order valence-electron chi connectivity index (χ2n) is 4.96. The predicted molar refractivity (Wildman–Crippen MR) is 80.1 cm³/mol. The van der Waals surface area contributed by atoms with Crippen molar-refractivity contribution < 1.29 is 13.2 Å². The maximum Gasteiger partial charge on any atom is 0.155 e. The zero-order valence-corrected chi connectivity index (χ0v) is 13.4. The molecule has 0 saturated carbocycles. The fourth-order valence-corrected chi connectivity index (χ4v) is 4.95. The molecule has 19 heavy (non-hydrogen) atoms. The van der Waals surface area contributed by atoms with Crippen LogP contribution in [-0.4, -0.2) is 32.1 Å². The van der Waals surface area contributed by atoms with E-state index in [1.807, 2.05) is 31.2 Å². The van der Waals surface area contributed by atoms with Crippen LogP contribution >= 0.6 is 15.9 Å². The second-order valence-corrected chi connectivity index (χ2v) is 8.16. The average molecular weight is 347 g/mol. The summed E-state index contributed by atoms with van der Waals surface area (Å²) >= 11 is 3.48. The monoisotopic (exact) mass is 346 g/mol. The molecular formula is C14H19BrO3S. The Kier molecular flexibility index (Phi) is 5.03. The lowest BCUT2D eigenvalue weighted by atomic mass is 10.1. The van der Waals surface area contributed by atoms with Gasteiger partial charge in [-0.15, -0.1) is 0 Å². The van der Waals surface area contributed by atoms with E-state index >= 15 is 0 Å². The molecule has 3 nitrogen and oxygen atoms in total. The molecule has 0 spiro atoms. The first kappa shape index (κ1) is 15.0. The minimum absolute atomic E-state index is 0.159. The standard InChI is InChI=1S/C14H19BrO3S/c1-11-14(8-9-18-11)19(16,17)10-4-6-12-5-2-3-7-13(12)15/h2-3,5,7,11,14H,4,6,8-10H2,1H3/t11-,14-/m1/s1. The van der Waals surface area contributed by atoms with Crippen LogP contribution in [-0.2, 0) is 21.0 Å². The van der Waals surface area contributed by atoms with E-state index < -0.39 is 9.84 Å². The molecule has 0 aromatic heterocycles. The van der Waals surface area contributed by atoms with Gasteiger partial charge in [-0.3, -0.25) is 0 Å². The maximum atomic E-state index is 12.2. The maximum absolute atomic E-state index is 12.2. The molecule has 1 saturated heterocycles. The molecule has 1 aromatic carbocycles. The number of rotatable bonds is 5. The van der Waals surface area contributed by atoms with Crippen molar-refractivity contribution in [3.05, 3.63) is 34.3 Å². The number of sulfone groups is 1. The normalized spacial score (nSPS) is 23.7. The van der Waals surface area contributed by atoms with Gasteiger partial charge in [-0.25, -0.2) is 8.42 Å². The highest BCUT2D eigenvalue weighted by Crippen LogP contribution is 2.23. The summed E-state index contributed by atoms with van der Waals surface area (Å²) in [5.74, 6) is 0.243. The van der Waals surface area contributed by atoms with Gasteiger partial charge < -0.3 is 4.74 Å². The quantitative estimate of drug-likeness (QED) is 0.823. The highest BCUT2D eigenvalue weighted by atomic mass is 79.9. The molecule has 1 heterocycles. The van der Waals surface area contributed by atoms with Gasteiger partial charge in [-0.2, -0.15) is 0 Å². The molecule has 0 bridgehead atoms. The molecule has 106 valence electrons. The molecule has 5 heteroatoms. The van der Waals surface area contributed by atoms with Crippen LogP contribution in [0, 0.1) is 0 Å². The minimum atomic E-state index is -3.03. The third-order valence-electron chi connectivity index (χ3n) is 3.60. The summed E-state index contributed by atoms with van der Waals surface area (Å²) < 4.78 is 30.8. The van der Waals surface area contributed by atoms with Crippen molar-refractivity contribution in [1.82, 2.24) is 0 Å². The molecule has 0 N–H and O–H groups in total. The number of benzene rings is 1. The van der Waals surface area contributed by atoms with Crippen molar-refractivity contribution in [3.63, 3.8) is 0 Å². The van der Waals surface area contributed by atoms with Gasteiger partial charge >= 0.3 is 0 Å². The number of halogens is 1. The van der Waals surface area contributed by atoms with Crippen LogP contribution in [0.15, 0.2) is 28.7 Å². The van der Waals surface area contributed by atoms with E-state index in [0.29, 0.717) is 19.4 Å². The molecule has 1 aromatic rings. The van der Waals surface area contributed by atoms with E-state index in [1.54, 1.807) is 0 Å². The predicted octanol–water partition coefficient (Wildman–Crippen LogP) is 2.97. The Labute approximate surface area is 123 Å². The molecule has 0 unspecified atom stereocenters. The summed E-state index contributed by atoms with van der Waals surface area (Å²) in [5, 5.41) is -0.313. The Morgan fingerprint density at radius 2 is 2.11 bits per heavy atom. The van der Waals surface area contributed by atoms with Crippen molar-refractivity contribution >= 4 is 25.8 Å². The molecule has 1 aliphatic heterocycles. The molecule has 1 fully saturated rings. The van der Waals surface area contributed by atoms with Gasteiger partial charge in [0.1, 0.15) is 0 Å². The van der Waals surface area contributed by atoms with Crippen LogP contribution in [0.4, 0.5) is 0 Å². The first-order valence-corrected chi connectivity index (χ1v) is 9.08. The average Bonchev–Trinajstić information content (AvgIpc) is 2.79. The van der Waals surface area contributed by atoms with Crippen LogP contribution in [0.2, 0.25) is 0 Å². The van der Waals surface area contributed by atoms with Gasteiger partial charge in [0.2, 0.25) is 0 Å². The summed E-state index contributed by atoms with van der Waals surface area (Å²) in [7, 11) is -3.03. The highest BCUT2D eigenvalue weighted by molar-refractivity contribution is 9.10. The van der Waals surface area contributed by atoms with Crippen molar-refractivity contribution in [2.24, 2.45) is 0 Å². The Balaban J connectivity index is 1.90. The molecule has 1 aliphatic rings. The van der Waals surface area contributed by atoms with Gasteiger partial charge in [-0.1, -0.05) is 34.1 Å². The first-order valence-electron chi connectivity index (χ1n) is 6.57. The van der Waals surface area contributed by atoms with E-state index in [4.69, 9.17) is 4.74 Å². The number of hydrogen-bond donors (Lipinski definition) is 0. The lowest BCUT2D eigenvalue weighted by Gasteiger charge is -2.15. The minimum Gasteiger partial charge on any atom is -0.377 e. The zero-order chi connectivity index (χ0) is 13.9. The largest absolute Gasteiger partial charge is 0.377 e. The number of aryl methyl sites for hydroxylation is 1. The summed E-state index contributed by atoms with van der Waals surface area (Å²) in [4.78, 5) is 0. The van der Waals surface area contributed by atoms with Crippen molar-refractivity contribution in [3.8, 4) is 0 Å². The fraction of sp³-hybridized carbons (Fsp3) is 0.571. The van der Waals surface area contributed by atoms with Crippen LogP contribution in [0.1, 0.15) is 25.3 Å². The number of ether oxygens (including phenoxy) is 1. The SMILES string of the molecule is C[C@H]1OCC[C@H]1S(=O)(=O)CCCc1ccccc1Br. The molecule has 0 aliphatic carbocycles. The van der Waals surface area contributed by atoms with Gasteiger partial charge in [0.05, 0.1) is 17.1 Å². The molecular weight excluding hydrogens is 328 g/mol. The Bertz CT molecular complexity index is 527. The first-order chi connectivity index (χ1) is 9.00. The van der Waals surface area contributed by atoms with E-state index in [0.717, 1.165) is 16.5 Å². The van der Waals surface area contributed by atoms with E-state index in [9.17, 15) is 8.42 Å². The number of hydrogen-bond acceptors (Lipinski definition) is 3. The zero-order valence-electron chi connectivity index (χ0n) is 11.0. The third kappa shape index (κ3) is 3.80. The summed E-state index contributed by atoms with van der Waals surface area (Å²) in [6.07, 6.45) is 1.92. The third-order valence-corrected chi connectivity index (χ3v) is 6.77.